The summed E-state index contributed by atoms with van der Waals surface area (Å²) in [5.74, 6) is 0. The summed E-state index contributed by atoms with van der Waals surface area (Å²) in [6.07, 6.45) is 4.21. The summed E-state index contributed by atoms with van der Waals surface area (Å²) in [5.41, 5.74) is 3.86. The average Bonchev–Trinajstić information content (AvgIpc) is 2.44. The van der Waals surface area contributed by atoms with Crippen LogP contribution in [0.4, 0.5) is 5.69 Å². The molecule has 2 saturated heterocycles. The molecule has 2 aliphatic rings. The van der Waals surface area contributed by atoms with Gasteiger partial charge in [0.05, 0.1) is 11.3 Å². The maximum Gasteiger partial charge on any atom is 0.0745 e. The van der Waals surface area contributed by atoms with Crippen LogP contribution in [0.3, 0.4) is 0 Å². The molecule has 1 aromatic carbocycles. The molecule has 0 saturated carbocycles. The van der Waals surface area contributed by atoms with Crippen LogP contribution in [0.2, 0.25) is 0 Å². The Hall–Kier alpha value is -0.580. The van der Waals surface area contributed by atoms with Crippen molar-refractivity contribution in [2.75, 3.05) is 25.1 Å². The van der Waals surface area contributed by atoms with Crippen molar-refractivity contribution >= 4 is 21.6 Å². The summed E-state index contributed by atoms with van der Waals surface area (Å²) >= 11 is 3.70. The number of ether oxygens (including phenoxy) is 2. The van der Waals surface area contributed by atoms with E-state index in [-0.39, 0.29) is 5.60 Å². The second-order valence-electron chi connectivity index (χ2n) is 6.42. The lowest BCUT2D eigenvalue weighted by Gasteiger charge is -2.43. The zero-order valence-electron chi connectivity index (χ0n) is 12.9. The minimum absolute atomic E-state index is 0.0409. The summed E-state index contributed by atoms with van der Waals surface area (Å²) < 4.78 is 12.8. The fourth-order valence-electron chi connectivity index (χ4n) is 3.55. The minimum Gasteiger partial charge on any atom is -0.381 e. The molecule has 1 N–H and O–H groups in total. The maximum absolute atomic E-state index is 6.12. The smallest absolute Gasteiger partial charge is 0.0745 e. The molecule has 3 nitrogen and oxygen atoms in total. The summed E-state index contributed by atoms with van der Waals surface area (Å²) in [7, 11) is 0. The first-order valence-electron chi connectivity index (χ1n) is 7.83. The lowest BCUT2D eigenvalue weighted by atomic mass is 9.84. The number of aryl methyl sites for hydroxylation is 2. The number of nitrogens with one attached hydrogen (secondary N) is 1. The van der Waals surface area contributed by atoms with Crippen LogP contribution in [-0.2, 0) is 9.47 Å². The van der Waals surface area contributed by atoms with E-state index in [0.29, 0.717) is 6.04 Å². The van der Waals surface area contributed by atoms with Crippen molar-refractivity contribution in [1.82, 2.24) is 0 Å². The third-order valence-electron chi connectivity index (χ3n) is 4.68. The SMILES string of the molecule is Cc1cc(C)c(NC2CCOC3(CCOCC3)C2)c(Br)c1. The van der Waals surface area contributed by atoms with Crippen molar-refractivity contribution in [3.05, 3.63) is 27.7 Å². The van der Waals surface area contributed by atoms with Crippen molar-refractivity contribution in [2.24, 2.45) is 0 Å². The molecular weight excluding hydrogens is 330 g/mol. The molecule has 2 aliphatic heterocycles. The number of rotatable bonds is 2. The molecule has 1 aromatic rings. The van der Waals surface area contributed by atoms with Gasteiger partial charge in [0.2, 0.25) is 0 Å². The highest BCUT2D eigenvalue weighted by atomic mass is 79.9. The van der Waals surface area contributed by atoms with Crippen LogP contribution in [0.15, 0.2) is 16.6 Å². The van der Waals surface area contributed by atoms with E-state index in [2.05, 4.69) is 47.2 Å². The van der Waals surface area contributed by atoms with Crippen LogP contribution in [0, 0.1) is 13.8 Å². The van der Waals surface area contributed by atoms with Gasteiger partial charge in [0.1, 0.15) is 0 Å². The van der Waals surface area contributed by atoms with Crippen LogP contribution >= 0.6 is 15.9 Å². The van der Waals surface area contributed by atoms with E-state index >= 15 is 0 Å². The van der Waals surface area contributed by atoms with E-state index in [4.69, 9.17) is 9.47 Å². The zero-order valence-corrected chi connectivity index (χ0v) is 14.5. The molecule has 3 rings (SSSR count). The molecule has 2 fully saturated rings. The molecule has 1 atom stereocenters. The Labute approximate surface area is 135 Å². The summed E-state index contributed by atoms with van der Waals surface area (Å²) in [6, 6.07) is 4.89. The second kappa shape index (κ2) is 6.27. The summed E-state index contributed by atoms with van der Waals surface area (Å²) in [6.45, 7) is 6.82. The van der Waals surface area contributed by atoms with E-state index < -0.39 is 0 Å². The molecule has 1 spiro atoms. The van der Waals surface area contributed by atoms with Gasteiger partial charge in [0.25, 0.3) is 0 Å². The topological polar surface area (TPSA) is 30.5 Å². The molecule has 0 amide bonds. The number of hydrogen-bond acceptors (Lipinski definition) is 3. The van der Waals surface area contributed by atoms with Gasteiger partial charge in [-0.25, -0.2) is 0 Å². The lowest BCUT2D eigenvalue weighted by Crippen LogP contribution is -2.47. The monoisotopic (exact) mass is 353 g/mol. The van der Waals surface area contributed by atoms with E-state index in [0.717, 1.165) is 50.0 Å². The largest absolute Gasteiger partial charge is 0.381 e. The van der Waals surface area contributed by atoms with Crippen molar-refractivity contribution < 1.29 is 9.47 Å². The van der Waals surface area contributed by atoms with Gasteiger partial charge >= 0.3 is 0 Å². The van der Waals surface area contributed by atoms with Crippen molar-refractivity contribution in [2.45, 2.75) is 51.2 Å². The minimum atomic E-state index is 0.0409. The van der Waals surface area contributed by atoms with Crippen LogP contribution < -0.4 is 5.32 Å². The Balaban J connectivity index is 1.73. The van der Waals surface area contributed by atoms with E-state index in [1.165, 1.54) is 16.8 Å². The molecule has 1 unspecified atom stereocenters. The molecule has 2 heterocycles. The van der Waals surface area contributed by atoms with Gasteiger partial charge in [0, 0.05) is 30.3 Å². The first-order valence-corrected chi connectivity index (χ1v) is 8.62. The van der Waals surface area contributed by atoms with Gasteiger partial charge < -0.3 is 14.8 Å². The highest BCUT2D eigenvalue weighted by molar-refractivity contribution is 9.10. The molecule has 0 aromatic heterocycles. The van der Waals surface area contributed by atoms with Crippen molar-refractivity contribution in [3.8, 4) is 0 Å². The van der Waals surface area contributed by atoms with E-state index in [9.17, 15) is 0 Å². The second-order valence-corrected chi connectivity index (χ2v) is 7.27. The zero-order chi connectivity index (χ0) is 14.9. The Morgan fingerprint density at radius 3 is 2.67 bits per heavy atom. The Kier molecular flexibility index (Phi) is 4.57. The fourth-order valence-corrected chi connectivity index (χ4v) is 4.33. The van der Waals surface area contributed by atoms with Crippen molar-refractivity contribution in [3.63, 3.8) is 0 Å². The fraction of sp³-hybridized carbons (Fsp3) is 0.647. The maximum atomic E-state index is 6.12. The standard InChI is InChI=1S/C17H24BrNO2/c1-12-9-13(2)16(15(18)10-12)19-14-3-6-21-17(11-14)4-7-20-8-5-17/h9-10,14,19H,3-8,11H2,1-2H3. The van der Waals surface area contributed by atoms with Gasteiger partial charge in [0.15, 0.2) is 0 Å². The molecule has 0 aliphatic carbocycles. The third kappa shape index (κ3) is 3.43. The first kappa shape index (κ1) is 15.3. The van der Waals surface area contributed by atoms with E-state index in [1.807, 2.05) is 0 Å². The van der Waals surface area contributed by atoms with Gasteiger partial charge in [-0.2, -0.15) is 0 Å². The molecule has 21 heavy (non-hydrogen) atoms. The van der Waals surface area contributed by atoms with E-state index in [1.54, 1.807) is 0 Å². The van der Waals surface area contributed by atoms with Crippen molar-refractivity contribution in [1.29, 1.82) is 0 Å². The quantitative estimate of drug-likeness (QED) is 0.863. The Morgan fingerprint density at radius 2 is 1.95 bits per heavy atom. The average molecular weight is 354 g/mol. The predicted octanol–water partition coefficient (Wildman–Crippen LogP) is 4.21. The van der Waals surface area contributed by atoms with Gasteiger partial charge in [-0.15, -0.1) is 0 Å². The summed E-state index contributed by atoms with van der Waals surface area (Å²) in [4.78, 5) is 0. The van der Waals surface area contributed by atoms with Gasteiger partial charge in [-0.05, 0) is 72.7 Å². The third-order valence-corrected chi connectivity index (χ3v) is 5.30. The highest BCUT2D eigenvalue weighted by Crippen LogP contribution is 2.37. The molecule has 0 radical (unpaired) electrons. The van der Waals surface area contributed by atoms with Crippen LogP contribution in [0.25, 0.3) is 0 Å². The normalized spacial score (nSPS) is 25.0. The lowest BCUT2D eigenvalue weighted by molar-refractivity contribution is -0.135. The van der Waals surface area contributed by atoms with Gasteiger partial charge in [-0.1, -0.05) is 6.07 Å². The number of halogens is 1. The number of hydrogen-bond donors (Lipinski definition) is 1. The summed E-state index contributed by atoms with van der Waals surface area (Å²) in [5, 5.41) is 3.75. The number of benzene rings is 1. The predicted molar refractivity (Wildman–Crippen MR) is 89.0 cm³/mol. The molecule has 116 valence electrons. The Bertz CT molecular complexity index is 483. The van der Waals surface area contributed by atoms with Crippen LogP contribution in [0.5, 0.6) is 0 Å². The molecular formula is C17H24BrNO2. The highest BCUT2D eigenvalue weighted by Gasteiger charge is 2.39. The Morgan fingerprint density at radius 1 is 1.19 bits per heavy atom. The number of anilines is 1. The molecule has 4 heteroatoms. The molecule has 0 bridgehead atoms. The van der Waals surface area contributed by atoms with Crippen LogP contribution in [0.1, 0.15) is 36.8 Å². The first-order chi connectivity index (χ1) is 10.1. The van der Waals surface area contributed by atoms with Crippen LogP contribution in [-0.4, -0.2) is 31.5 Å². The van der Waals surface area contributed by atoms with Gasteiger partial charge in [-0.3, -0.25) is 0 Å².